The average molecular weight is 539 g/mol. The number of unbranched alkanes of at least 4 members (excludes halogenated alkanes) is 4. The molecule has 2 aromatic rings. The molecule has 0 heterocycles. The zero-order valence-corrected chi connectivity index (χ0v) is 20.3. The molecule has 0 saturated carbocycles. The van der Waals surface area contributed by atoms with E-state index in [4.69, 9.17) is 14.7 Å². The lowest BCUT2D eigenvalue weighted by Crippen LogP contribution is -2.08. The van der Waals surface area contributed by atoms with Crippen LogP contribution in [0.15, 0.2) is 51.4 Å². The van der Waals surface area contributed by atoms with Crippen molar-refractivity contribution in [3.8, 4) is 17.6 Å². The summed E-state index contributed by atoms with van der Waals surface area (Å²) >= 11 is 6.62. The predicted octanol–water partition coefficient (Wildman–Crippen LogP) is 6.96. The molecule has 0 aliphatic heterocycles. The molecule has 0 fully saturated rings. The van der Waals surface area contributed by atoms with Gasteiger partial charge in [0.15, 0.2) is 5.75 Å². The first-order valence-electron chi connectivity index (χ1n) is 9.70. The molecule has 0 aromatic heterocycles. The van der Waals surface area contributed by atoms with Gasteiger partial charge in [0.2, 0.25) is 0 Å². The molecule has 0 radical (unpaired) electrons. The molecule has 0 bridgehead atoms. The second-order valence-electron chi connectivity index (χ2n) is 6.43. The third kappa shape index (κ3) is 10.6. The number of carbonyl (C=O) groups excluding carboxylic acids is 2. The topological polar surface area (TPSA) is 76.4 Å². The second kappa shape index (κ2) is 14.8. The Morgan fingerprint density at radius 1 is 0.967 bits per heavy atom. The van der Waals surface area contributed by atoms with Gasteiger partial charge in [-0.25, -0.2) is 0 Å². The van der Waals surface area contributed by atoms with Crippen molar-refractivity contribution in [2.45, 2.75) is 52.4 Å². The van der Waals surface area contributed by atoms with Crippen LogP contribution in [-0.4, -0.2) is 11.9 Å². The number of benzene rings is 2. The summed E-state index contributed by atoms with van der Waals surface area (Å²) in [5.74, 6) is 0.497. The minimum Gasteiger partial charge on any atom is -0.427 e. The summed E-state index contributed by atoms with van der Waals surface area (Å²) < 4.78 is 11.3. The summed E-state index contributed by atoms with van der Waals surface area (Å²) in [6.45, 7) is 3.54. The normalized spacial score (nSPS) is 9.70. The van der Waals surface area contributed by atoms with Crippen LogP contribution in [-0.2, 0) is 9.59 Å². The van der Waals surface area contributed by atoms with Crippen molar-refractivity contribution >= 4 is 43.8 Å². The number of para-hydroxylation sites is 1. The lowest BCUT2D eigenvalue weighted by atomic mass is 10.1. The highest BCUT2D eigenvalue weighted by molar-refractivity contribution is 9.11. The van der Waals surface area contributed by atoms with Crippen molar-refractivity contribution in [1.29, 1.82) is 5.26 Å². The molecule has 2 rings (SSSR count). The van der Waals surface area contributed by atoms with Crippen molar-refractivity contribution in [3.05, 3.63) is 57.0 Å². The fourth-order valence-corrected chi connectivity index (χ4v) is 3.76. The van der Waals surface area contributed by atoms with Crippen molar-refractivity contribution in [3.63, 3.8) is 0 Å². The van der Waals surface area contributed by atoms with Crippen LogP contribution in [0.5, 0.6) is 11.5 Å². The van der Waals surface area contributed by atoms with Crippen LogP contribution in [0.1, 0.15) is 57.9 Å². The third-order valence-electron chi connectivity index (χ3n) is 3.83. The zero-order chi connectivity index (χ0) is 22.4. The minimum absolute atomic E-state index is 0.243. The van der Waals surface area contributed by atoms with E-state index in [1.54, 1.807) is 24.3 Å². The Hall–Kier alpha value is -2.17. The van der Waals surface area contributed by atoms with E-state index in [1.165, 1.54) is 19.8 Å². The number of nitriles is 1. The number of ether oxygens (including phenoxy) is 2. The van der Waals surface area contributed by atoms with E-state index in [9.17, 15) is 9.59 Å². The van der Waals surface area contributed by atoms with Crippen LogP contribution in [0.25, 0.3) is 0 Å². The molecule has 2 aromatic carbocycles. The molecule has 0 atom stereocenters. The van der Waals surface area contributed by atoms with Gasteiger partial charge in [-0.05, 0) is 62.5 Å². The zero-order valence-electron chi connectivity index (χ0n) is 17.1. The summed E-state index contributed by atoms with van der Waals surface area (Å²) in [4.78, 5) is 22.2. The molecule has 0 saturated heterocycles. The number of rotatable bonds is 8. The molecule has 0 spiro atoms. The molecule has 0 N–H and O–H groups in total. The first kappa shape index (κ1) is 25.9. The van der Waals surface area contributed by atoms with Gasteiger partial charge in [-0.3, -0.25) is 9.59 Å². The average Bonchev–Trinajstić information content (AvgIpc) is 2.71. The SMILES string of the molecule is CC(=O)Oc1ccccc1.CCCCCCCC(=O)Oc1c(Br)cc(C#N)cc1Br. The number of halogens is 2. The van der Waals surface area contributed by atoms with Crippen LogP contribution >= 0.6 is 31.9 Å². The van der Waals surface area contributed by atoms with Crippen LogP contribution in [0.4, 0.5) is 0 Å². The van der Waals surface area contributed by atoms with Gasteiger partial charge in [0, 0.05) is 13.3 Å². The summed E-state index contributed by atoms with van der Waals surface area (Å²) in [6, 6.07) is 14.3. The highest BCUT2D eigenvalue weighted by Crippen LogP contribution is 2.35. The van der Waals surface area contributed by atoms with Crippen molar-refractivity contribution in [2.75, 3.05) is 0 Å². The summed E-state index contributed by atoms with van der Waals surface area (Å²) in [5.41, 5.74) is 0.503. The number of esters is 2. The van der Waals surface area contributed by atoms with Gasteiger partial charge in [0.25, 0.3) is 0 Å². The fraction of sp³-hybridized carbons (Fsp3) is 0.348. The Morgan fingerprint density at radius 2 is 1.57 bits per heavy atom. The van der Waals surface area contributed by atoms with E-state index in [0.717, 1.165) is 19.3 Å². The smallest absolute Gasteiger partial charge is 0.311 e. The Balaban J connectivity index is 0.000000375. The van der Waals surface area contributed by atoms with Gasteiger partial charge in [-0.15, -0.1) is 0 Å². The van der Waals surface area contributed by atoms with Crippen molar-refractivity contribution in [1.82, 2.24) is 0 Å². The standard InChI is InChI=1S/C15H17Br2NO2.C8H8O2/c1-2-3-4-5-6-7-14(19)20-15-12(16)8-11(10-18)9-13(15)17;1-7(9)10-8-5-3-2-4-6-8/h8-9H,2-7H2,1H3;2-6H,1H3. The van der Waals surface area contributed by atoms with E-state index in [-0.39, 0.29) is 11.9 Å². The van der Waals surface area contributed by atoms with Crippen LogP contribution in [0, 0.1) is 11.3 Å². The van der Waals surface area contributed by atoms with E-state index >= 15 is 0 Å². The largest absolute Gasteiger partial charge is 0.427 e. The van der Waals surface area contributed by atoms with Gasteiger partial charge >= 0.3 is 11.9 Å². The number of hydrogen-bond acceptors (Lipinski definition) is 5. The maximum absolute atomic E-state index is 11.8. The van der Waals surface area contributed by atoms with E-state index in [0.29, 0.717) is 32.4 Å². The quantitative estimate of drug-likeness (QED) is 0.206. The molecule has 30 heavy (non-hydrogen) atoms. The Labute approximate surface area is 194 Å². The molecule has 7 heteroatoms. The molecule has 160 valence electrons. The Morgan fingerprint density at radius 3 is 2.10 bits per heavy atom. The second-order valence-corrected chi connectivity index (χ2v) is 8.13. The fourth-order valence-electron chi connectivity index (χ4n) is 2.41. The van der Waals surface area contributed by atoms with E-state index in [1.807, 2.05) is 24.3 Å². The van der Waals surface area contributed by atoms with E-state index in [2.05, 4.69) is 38.8 Å². The third-order valence-corrected chi connectivity index (χ3v) is 5.01. The first-order chi connectivity index (χ1) is 14.4. The molecule has 0 aliphatic carbocycles. The van der Waals surface area contributed by atoms with Crippen LogP contribution in [0.3, 0.4) is 0 Å². The number of hydrogen-bond donors (Lipinski definition) is 0. The van der Waals surface area contributed by atoms with Crippen LogP contribution < -0.4 is 9.47 Å². The molecule has 0 unspecified atom stereocenters. The minimum atomic E-state index is -0.286. The number of carbonyl (C=O) groups is 2. The lowest BCUT2D eigenvalue weighted by Gasteiger charge is -2.09. The Kier molecular flexibility index (Phi) is 12.7. The lowest BCUT2D eigenvalue weighted by molar-refractivity contribution is -0.134. The van der Waals surface area contributed by atoms with Gasteiger partial charge in [0.1, 0.15) is 5.75 Å². The first-order valence-corrected chi connectivity index (χ1v) is 11.3. The van der Waals surface area contributed by atoms with Gasteiger partial charge in [-0.1, -0.05) is 50.8 Å². The molecule has 5 nitrogen and oxygen atoms in total. The maximum Gasteiger partial charge on any atom is 0.311 e. The van der Waals surface area contributed by atoms with Gasteiger partial charge in [-0.2, -0.15) is 5.26 Å². The molecule has 0 aliphatic rings. The molecular weight excluding hydrogens is 514 g/mol. The van der Waals surface area contributed by atoms with Crippen LogP contribution in [0.2, 0.25) is 0 Å². The van der Waals surface area contributed by atoms with Crippen molar-refractivity contribution in [2.24, 2.45) is 0 Å². The van der Waals surface area contributed by atoms with Crippen molar-refractivity contribution < 1.29 is 19.1 Å². The number of nitrogens with zero attached hydrogens (tertiary/aromatic N) is 1. The maximum atomic E-state index is 11.8. The monoisotopic (exact) mass is 537 g/mol. The predicted molar refractivity (Wildman–Crippen MR) is 123 cm³/mol. The molecular formula is C23H25Br2NO4. The highest BCUT2D eigenvalue weighted by Gasteiger charge is 2.13. The summed E-state index contributed by atoms with van der Waals surface area (Å²) in [7, 11) is 0. The van der Waals surface area contributed by atoms with Gasteiger partial charge < -0.3 is 9.47 Å². The summed E-state index contributed by atoms with van der Waals surface area (Å²) in [6.07, 6.45) is 5.89. The van der Waals surface area contributed by atoms with Gasteiger partial charge in [0.05, 0.1) is 20.6 Å². The van der Waals surface area contributed by atoms with E-state index < -0.39 is 0 Å². The summed E-state index contributed by atoms with van der Waals surface area (Å²) in [5, 5.41) is 8.85. The highest BCUT2D eigenvalue weighted by atomic mass is 79.9. The molecule has 0 amide bonds. The Bertz CT molecular complexity index is 840.